The molecule has 1 aromatic rings. The smallest absolute Gasteiger partial charge is 0.409 e. The van der Waals surface area contributed by atoms with Gasteiger partial charge >= 0.3 is 6.09 Å². The minimum Gasteiger partial charge on any atom is -0.450 e. The van der Waals surface area contributed by atoms with Gasteiger partial charge in [0.15, 0.2) is 0 Å². The van der Waals surface area contributed by atoms with Crippen molar-refractivity contribution in [3.8, 4) is 0 Å². The second-order valence-electron chi connectivity index (χ2n) is 4.27. The number of carbonyl (C=O) groups is 2. The van der Waals surface area contributed by atoms with Crippen LogP contribution in [0, 0.1) is 6.92 Å². The molecule has 1 saturated heterocycles. The number of nitrogens with zero attached hydrogens (tertiary/aromatic N) is 3. The first-order valence-electron chi connectivity index (χ1n) is 6.25. The fraction of sp³-hybridized carbons (Fsp3) is 0.583. The van der Waals surface area contributed by atoms with E-state index in [0.29, 0.717) is 44.1 Å². The average molecular weight is 267 g/mol. The first-order chi connectivity index (χ1) is 9.13. The maximum Gasteiger partial charge on any atom is 0.409 e. The molecule has 0 radical (unpaired) electrons. The van der Waals surface area contributed by atoms with Crippen molar-refractivity contribution in [2.75, 3.05) is 32.8 Å². The van der Waals surface area contributed by atoms with Gasteiger partial charge in [0.05, 0.1) is 12.8 Å². The third-order valence-electron chi connectivity index (χ3n) is 3.07. The number of aromatic nitrogens is 1. The summed E-state index contributed by atoms with van der Waals surface area (Å²) in [6.07, 6.45) is 1.10. The van der Waals surface area contributed by atoms with E-state index in [1.165, 1.54) is 6.20 Å². The summed E-state index contributed by atoms with van der Waals surface area (Å²) in [5.41, 5.74) is 0.476. The maximum atomic E-state index is 12.2. The van der Waals surface area contributed by atoms with Crippen LogP contribution in [0.4, 0.5) is 4.79 Å². The predicted octanol–water partition coefficient (Wildman–Crippen LogP) is 0.897. The van der Waals surface area contributed by atoms with Gasteiger partial charge in [-0.25, -0.2) is 4.79 Å². The fourth-order valence-corrected chi connectivity index (χ4v) is 1.98. The Labute approximate surface area is 111 Å². The lowest BCUT2D eigenvalue weighted by Gasteiger charge is -2.33. The van der Waals surface area contributed by atoms with Crippen LogP contribution in [0.3, 0.4) is 0 Å². The summed E-state index contributed by atoms with van der Waals surface area (Å²) in [6.45, 7) is 5.77. The second kappa shape index (κ2) is 5.73. The van der Waals surface area contributed by atoms with Gasteiger partial charge in [0.2, 0.25) is 0 Å². The Balaban J connectivity index is 1.92. The van der Waals surface area contributed by atoms with E-state index in [9.17, 15) is 9.59 Å². The van der Waals surface area contributed by atoms with E-state index in [1.807, 2.05) is 0 Å². The molecule has 0 bridgehead atoms. The van der Waals surface area contributed by atoms with Crippen LogP contribution < -0.4 is 0 Å². The molecule has 1 aliphatic heterocycles. The zero-order valence-corrected chi connectivity index (χ0v) is 11.1. The summed E-state index contributed by atoms with van der Waals surface area (Å²) in [6, 6.07) is 0. The van der Waals surface area contributed by atoms with Gasteiger partial charge in [-0.15, -0.1) is 0 Å². The Morgan fingerprint density at radius 2 is 1.95 bits per heavy atom. The Hall–Kier alpha value is -2.05. The molecule has 1 aliphatic rings. The number of rotatable bonds is 2. The Kier molecular flexibility index (Phi) is 4.03. The van der Waals surface area contributed by atoms with Crippen molar-refractivity contribution in [3.05, 3.63) is 17.5 Å². The van der Waals surface area contributed by atoms with E-state index < -0.39 is 0 Å². The minimum absolute atomic E-state index is 0.109. The van der Waals surface area contributed by atoms with Crippen molar-refractivity contribution in [2.24, 2.45) is 0 Å². The summed E-state index contributed by atoms with van der Waals surface area (Å²) in [4.78, 5) is 27.0. The van der Waals surface area contributed by atoms with Crippen molar-refractivity contribution in [1.82, 2.24) is 15.0 Å². The SMILES string of the molecule is CCOC(=O)N1CCN(C(=O)c2cnoc2C)CC1. The fourth-order valence-electron chi connectivity index (χ4n) is 1.98. The standard InChI is InChI=1S/C12H17N3O4/c1-3-18-12(17)15-6-4-14(5-7-15)11(16)10-8-13-19-9(10)2/h8H,3-7H2,1-2H3. The Morgan fingerprint density at radius 1 is 1.32 bits per heavy atom. The largest absolute Gasteiger partial charge is 0.450 e. The molecule has 19 heavy (non-hydrogen) atoms. The topological polar surface area (TPSA) is 75.9 Å². The normalized spacial score (nSPS) is 15.5. The quantitative estimate of drug-likeness (QED) is 0.795. The number of aryl methyl sites for hydroxylation is 1. The summed E-state index contributed by atoms with van der Waals surface area (Å²) in [5.74, 6) is 0.403. The maximum absolute atomic E-state index is 12.2. The van der Waals surface area contributed by atoms with Crippen LogP contribution in [0.25, 0.3) is 0 Å². The first-order valence-corrected chi connectivity index (χ1v) is 6.25. The van der Waals surface area contributed by atoms with E-state index in [0.717, 1.165) is 0 Å². The monoisotopic (exact) mass is 267 g/mol. The van der Waals surface area contributed by atoms with Crippen LogP contribution in [-0.4, -0.2) is 59.7 Å². The number of piperazine rings is 1. The summed E-state index contributed by atoms with van der Waals surface area (Å²) >= 11 is 0. The minimum atomic E-state index is -0.323. The third kappa shape index (κ3) is 2.86. The lowest BCUT2D eigenvalue weighted by atomic mass is 10.2. The molecular weight excluding hydrogens is 250 g/mol. The lowest BCUT2D eigenvalue weighted by Crippen LogP contribution is -2.50. The number of hydrogen-bond donors (Lipinski definition) is 0. The molecule has 2 heterocycles. The van der Waals surface area contributed by atoms with Gasteiger partial charge in [0, 0.05) is 26.2 Å². The van der Waals surface area contributed by atoms with Crippen molar-refractivity contribution in [1.29, 1.82) is 0 Å². The van der Waals surface area contributed by atoms with Gasteiger partial charge in [0.25, 0.3) is 5.91 Å². The third-order valence-corrected chi connectivity index (χ3v) is 3.07. The van der Waals surface area contributed by atoms with E-state index in [1.54, 1.807) is 23.6 Å². The highest BCUT2D eigenvalue weighted by molar-refractivity contribution is 5.94. The summed E-state index contributed by atoms with van der Waals surface area (Å²) in [5, 5.41) is 3.60. The van der Waals surface area contributed by atoms with Crippen molar-refractivity contribution in [3.63, 3.8) is 0 Å². The molecular formula is C12H17N3O4. The molecule has 0 unspecified atom stereocenters. The molecule has 0 aliphatic carbocycles. The molecule has 0 spiro atoms. The van der Waals surface area contributed by atoms with Crippen LogP contribution in [0.2, 0.25) is 0 Å². The molecule has 2 amide bonds. The zero-order valence-electron chi connectivity index (χ0n) is 11.1. The van der Waals surface area contributed by atoms with Gasteiger partial charge in [-0.05, 0) is 13.8 Å². The van der Waals surface area contributed by atoms with E-state index in [-0.39, 0.29) is 12.0 Å². The van der Waals surface area contributed by atoms with Crippen LogP contribution in [0.1, 0.15) is 23.0 Å². The van der Waals surface area contributed by atoms with Crippen LogP contribution >= 0.6 is 0 Å². The highest BCUT2D eigenvalue weighted by Gasteiger charge is 2.27. The molecule has 104 valence electrons. The highest BCUT2D eigenvalue weighted by atomic mass is 16.6. The highest BCUT2D eigenvalue weighted by Crippen LogP contribution is 2.12. The molecule has 0 aromatic carbocycles. The molecule has 7 heteroatoms. The molecule has 1 fully saturated rings. The van der Waals surface area contributed by atoms with E-state index in [2.05, 4.69) is 5.16 Å². The van der Waals surface area contributed by atoms with Gasteiger partial charge < -0.3 is 19.1 Å². The molecule has 2 rings (SSSR count). The van der Waals surface area contributed by atoms with E-state index in [4.69, 9.17) is 9.26 Å². The van der Waals surface area contributed by atoms with Crippen molar-refractivity contribution >= 4 is 12.0 Å². The van der Waals surface area contributed by atoms with Gasteiger partial charge in [-0.3, -0.25) is 4.79 Å². The number of amides is 2. The van der Waals surface area contributed by atoms with Crippen LogP contribution in [0.15, 0.2) is 10.7 Å². The Bertz CT molecular complexity index is 463. The molecule has 7 nitrogen and oxygen atoms in total. The number of carbonyl (C=O) groups excluding carboxylic acids is 2. The van der Waals surface area contributed by atoms with E-state index >= 15 is 0 Å². The summed E-state index contributed by atoms with van der Waals surface area (Å²) in [7, 11) is 0. The lowest BCUT2D eigenvalue weighted by molar-refractivity contribution is 0.0569. The van der Waals surface area contributed by atoms with Crippen molar-refractivity contribution in [2.45, 2.75) is 13.8 Å². The predicted molar refractivity (Wildman–Crippen MR) is 65.7 cm³/mol. The van der Waals surface area contributed by atoms with Gasteiger partial charge in [0.1, 0.15) is 11.3 Å². The first kappa shape index (κ1) is 13.4. The molecule has 0 atom stereocenters. The van der Waals surface area contributed by atoms with Crippen LogP contribution in [-0.2, 0) is 4.74 Å². The second-order valence-corrected chi connectivity index (χ2v) is 4.27. The average Bonchev–Trinajstić information content (AvgIpc) is 2.84. The zero-order chi connectivity index (χ0) is 13.8. The molecule has 1 aromatic heterocycles. The number of ether oxygens (including phenoxy) is 1. The Morgan fingerprint density at radius 3 is 2.47 bits per heavy atom. The van der Waals surface area contributed by atoms with Crippen LogP contribution in [0.5, 0.6) is 0 Å². The summed E-state index contributed by atoms with van der Waals surface area (Å²) < 4.78 is 9.81. The van der Waals surface area contributed by atoms with Gasteiger partial charge in [-0.1, -0.05) is 5.16 Å². The molecule has 0 N–H and O–H groups in total. The van der Waals surface area contributed by atoms with Crippen molar-refractivity contribution < 1.29 is 18.8 Å². The molecule has 0 saturated carbocycles. The number of hydrogen-bond acceptors (Lipinski definition) is 5. The van der Waals surface area contributed by atoms with Gasteiger partial charge in [-0.2, -0.15) is 0 Å².